The molecule has 3 rings (SSSR count). The Morgan fingerprint density at radius 3 is 2.33 bits per heavy atom. The Bertz CT molecular complexity index is 942. The molecule has 0 fully saturated rings. The second kappa shape index (κ2) is 8.18. The zero-order valence-electron chi connectivity index (χ0n) is 15.3. The Morgan fingerprint density at radius 2 is 1.63 bits per heavy atom. The summed E-state index contributed by atoms with van der Waals surface area (Å²) < 4.78 is 10.3. The molecule has 0 unspecified atom stereocenters. The summed E-state index contributed by atoms with van der Waals surface area (Å²) in [5.41, 5.74) is 1.72. The van der Waals surface area contributed by atoms with Gasteiger partial charge < -0.3 is 20.1 Å². The molecule has 138 valence electrons. The van der Waals surface area contributed by atoms with Crippen LogP contribution < -0.4 is 20.1 Å². The van der Waals surface area contributed by atoms with Crippen LogP contribution in [-0.4, -0.2) is 30.1 Å². The zero-order chi connectivity index (χ0) is 19.2. The minimum atomic E-state index is -0.320. The molecule has 1 heterocycles. The van der Waals surface area contributed by atoms with Crippen molar-refractivity contribution in [3.05, 3.63) is 66.1 Å². The van der Waals surface area contributed by atoms with Crippen molar-refractivity contribution in [2.75, 3.05) is 24.9 Å². The second-order valence-electron chi connectivity index (χ2n) is 5.73. The van der Waals surface area contributed by atoms with Gasteiger partial charge in [0, 0.05) is 23.5 Å². The van der Waals surface area contributed by atoms with Gasteiger partial charge in [-0.2, -0.15) is 0 Å². The lowest BCUT2D eigenvalue weighted by atomic mass is 10.2. The molecule has 2 N–H and O–H groups in total. The molecule has 27 heavy (non-hydrogen) atoms. The molecule has 0 aliphatic heterocycles. The molecule has 0 radical (unpaired) electrons. The van der Waals surface area contributed by atoms with Gasteiger partial charge in [-0.15, -0.1) is 0 Å². The van der Waals surface area contributed by atoms with Crippen molar-refractivity contribution in [2.45, 2.75) is 6.92 Å². The fourth-order valence-electron chi connectivity index (χ4n) is 2.47. The second-order valence-corrected chi connectivity index (χ2v) is 5.73. The van der Waals surface area contributed by atoms with Crippen LogP contribution in [0.4, 0.5) is 17.2 Å². The lowest BCUT2D eigenvalue weighted by Gasteiger charge is -2.10. The quantitative estimate of drug-likeness (QED) is 0.692. The maximum absolute atomic E-state index is 12.5. The Labute approximate surface area is 157 Å². The van der Waals surface area contributed by atoms with Crippen LogP contribution in [0, 0.1) is 6.92 Å². The standard InChI is InChI=1S/C20H20N4O3/c1-13-21-18(20(25)24-14-7-9-16(26-2)10-8-14)12-19(22-13)23-15-5-4-6-17(11-15)27-3/h4-12H,1-3H3,(H,24,25)(H,21,22,23). The van der Waals surface area contributed by atoms with E-state index in [1.54, 1.807) is 51.5 Å². The Hall–Kier alpha value is -3.61. The molecule has 0 bridgehead atoms. The number of amides is 1. The number of methoxy groups -OCH3 is 2. The first-order chi connectivity index (χ1) is 13.1. The van der Waals surface area contributed by atoms with E-state index in [0.29, 0.717) is 17.3 Å². The van der Waals surface area contributed by atoms with Crippen LogP contribution >= 0.6 is 0 Å². The van der Waals surface area contributed by atoms with E-state index in [2.05, 4.69) is 20.6 Å². The van der Waals surface area contributed by atoms with Gasteiger partial charge in [0.05, 0.1) is 14.2 Å². The van der Waals surface area contributed by atoms with Gasteiger partial charge >= 0.3 is 0 Å². The highest BCUT2D eigenvalue weighted by Crippen LogP contribution is 2.21. The highest BCUT2D eigenvalue weighted by molar-refractivity contribution is 6.03. The van der Waals surface area contributed by atoms with Crippen LogP contribution in [0.3, 0.4) is 0 Å². The van der Waals surface area contributed by atoms with Gasteiger partial charge in [0.15, 0.2) is 0 Å². The van der Waals surface area contributed by atoms with Gasteiger partial charge in [-0.05, 0) is 43.3 Å². The summed E-state index contributed by atoms with van der Waals surface area (Å²) in [5, 5.41) is 5.98. The van der Waals surface area contributed by atoms with Gasteiger partial charge in [0.2, 0.25) is 0 Å². The molecule has 0 aliphatic carbocycles. The smallest absolute Gasteiger partial charge is 0.274 e. The maximum atomic E-state index is 12.5. The number of nitrogens with zero attached hydrogens (tertiary/aromatic N) is 2. The number of aryl methyl sites for hydroxylation is 1. The fraction of sp³-hybridized carbons (Fsp3) is 0.150. The summed E-state index contributed by atoms with van der Waals surface area (Å²) in [6, 6.07) is 16.1. The van der Waals surface area contributed by atoms with Crippen molar-refractivity contribution < 1.29 is 14.3 Å². The molecular weight excluding hydrogens is 344 g/mol. The summed E-state index contributed by atoms with van der Waals surface area (Å²) in [6.07, 6.45) is 0. The summed E-state index contributed by atoms with van der Waals surface area (Å²) >= 11 is 0. The summed E-state index contributed by atoms with van der Waals surface area (Å²) in [6.45, 7) is 1.74. The molecule has 1 aromatic heterocycles. The molecule has 7 nitrogen and oxygen atoms in total. The Morgan fingerprint density at radius 1 is 0.889 bits per heavy atom. The lowest BCUT2D eigenvalue weighted by molar-refractivity contribution is 0.102. The molecule has 2 aromatic carbocycles. The number of benzene rings is 2. The van der Waals surface area contributed by atoms with Gasteiger partial charge in [-0.1, -0.05) is 6.07 Å². The third-order valence-electron chi connectivity index (χ3n) is 3.76. The van der Waals surface area contributed by atoms with Crippen molar-refractivity contribution in [1.29, 1.82) is 0 Å². The van der Waals surface area contributed by atoms with E-state index < -0.39 is 0 Å². The normalized spacial score (nSPS) is 10.2. The van der Waals surface area contributed by atoms with Crippen molar-refractivity contribution in [3.8, 4) is 11.5 Å². The van der Waals surface area contributed by atoms with E-state index in [1.165, 1.54) is 0 Å². The first-order valence-electron chi connectivity index (χ1n) is 8.29. The van der Waals surface area contributed by atoms with Gasteiger partial charge in [-0.25, -0.2) is 9.97 Å². The number of hydrogen-bond acceptors (Lipinski definition) is 6. The number of rotatable bonds is 6. The average Bonchev–Trinajstić information content (AvgIpc) is 2.68. The largest absolute Gasteiger partial charge is 0.497 e. The Balaban J connectivity index is 1.78. The predicted molar refractivity (Wildman–Crippen MR) is 104 cm³/mol. The number of anilines is 3. The molecule has 1 amide bonds. The van der Waals surface area contributed by atoms with Gasteiger partial charge in [-0.3, -0.25) is 4.79 Å². The maximum Gasteiger partial charge on any atom is 0.274 e. The molecule has 3 aromatic rings. The molecule has 0 spiro atoms. The molecule has 7 heteroatoms. The number of ether oxygens (including phenoxy) is 2. The van der Waals surface area contributed by atoms with E-state index in [0.717, 1.165) is 17.2 Å². The summed E-state index contributed by atoms with van der Waals surface area (Å²) in [7, 11) is 3.20. The minimum absolute atomic E-state index is 0.267. The SMILES string of the molecule is COc1ccc(NC(=O)c2cc(Nc3cccc(OC)c3)nc(C)n2)cc1. The number of nitrogens with one attached hydrogen (secondary N) is 2. The van der Waals surface area contributed by atoms with E-state index >= 15 is 0 Å². The van der Waals surface area contributed by atoms with E-state index in [9.17, 15) is 4.79 Å². The van der Waals surface area contributed by atoms with Gasteiger partial charge in [0.25, 0.3) is 5.91 Å². The average molecular weight is 364 g/mol. The van der Waals surface area contributed by atoms with E-state index in [1.807, 2.05) is 24.3 Å². The molecule has 0 aliphatic rings. The first-order valence-corrected chi connectivity index (χ1v) is 8.29. The number of hydrogen-bond donors (Lipinski definition) is 2. The summed E-state index contributed by atoms with van der Waals surface area (Å²) in [4.78, 5) is 21.1. The minimum Gasteiger partial charge on any atom is -0.497 e. The van der Waals surface area contributed by atoms with Crippen molar-refractivity contribution in [3.63, 3.8) is 0 Å². The van der Waals surface area contributed by atoms with Crippen molar-refractivity contribution in [1.82, 2.24) is 9.97 Å². The highest BCUT2D eigenvalue weighted by atomic mass is 16.5. The fourth-order valence-corrected chi connectivity index (χ4v) is 2.47. The van der Waals surface area contributed by atoms with E-state index in [-0.39, 0.29) is 11.6 Å². The number of aromatic nitrogens is 2. The monoisotopic (exact) mass is 364 g/mol. The Kier molecular flexibility index (Phi) is 5.51. The van der Waals surface area contributed by atoms with Crippen LogP contribution in [0.5, 0.6) is 11.5 Å². The third-order valence-corrected chi connectivity index (χ3v) is 3.76. The van der Waals surface area contributed by atoms with Crippen LogP contribution in [0.25, 0.3) is 0 Å². The van der Waals surface area contributed by atoms with Crippen LogP contribution in [0.1, 0.15) is 16.3 Å². The lowest BCUT2D eigenvalue weighted by Crippen LogP contribution is -2.15. The van der Waals surface area contributed by atoms with Crippen LogP contribution in [0.2, 0.25) is 0 Å². The number of carbonyl (C=O) groups excluding carboxylic acids is 1. The molecule has 0 saturated heterocycles. The number of carbonyl (C=O) groups is 1. The molecule has 0 atom stereocenters. The first kappa shape index (κ1) is 18.2. The predicted octanol–water partition coefficient (Wildman–Crippen LogP) is 3.80. The molecular formula is C20H20N4O3. The topological polar surface area (TPSA) is 85.4 Å². The summed E-state index contributed by atoms with van der Waals surface area (Å²) in [5.74, 6) is 2.14. The zero-order valence-corrected chi connectivity index (χ0v) is 15.3. The highest BCUT2D eigenvalue weighted by Gasteiger charge is 2.11. The van der Waals surface area contributed by atoms with Crippen LogP contribution in [-0.2, 0) is 0 Å². The third kappa shape index (κ3) is 4.72. The van der Waals surface area contributed by atoms with Crippen molar-refractivity contribution in [2.24, 2.45) is 0 Å². The van der Waals surface area contributed by atoms with E-state index in [4.69, 9.17) is 9.47 Å². The van der Waals surface area contributed by atoms with Crippen molar-refractivity contribution >= 4 is 23.1 Å². The van der Waals surface area contributed by atoms with Crippen LogP contribution in [0.15, 0.2) is 54.6 Å². The molecule has 0 saturated carbocycles. The van der Waals surface area contributed by atoms with Gasteiger partial charge in [0.1, 0.15) is 28.8 Å².